The summed E-state index contributed by atoms with van der Waals surface area (Å²) in [5, 5.41) is 2.26. The van der Waals surface area contributed by atoms with Gasteiger partial charge in [-0.3, -0.25) is 19.7 Å². The normalized spacial score (nSPS) is 20.0. The second kappa shape index (κ2) is 11.7. The number of aromatic nitrogens is 1. The fourth-order valence-electron chi connectivity index (χ4n) is 5.95. The van der Waals surface area contributed by atoms with Crippen molar-refractivity contribution in [3.63, 3.8) is 0 Å². The van der Waals surface area contributed by atoms with Crippen molar-refractivity contribution in [3.05, 3.63) is 76.9 Å². The number of imide groups is 1. The second-order valence-corrected chi connectivity index (χ2v) is 11.2. The maximum absolute atomic E-state index is 15.4. The van der Waals surface area contributed by atoms with E-state index >= 15 is 4.39 Å². The number of ether oxygens (including phenoxy) is 1. The van der Waals surface area contributed by atoms with Crippen LogP contribution < -0.4 is 15.0 Å². The Morgan fingerprint density at radius 1 is 1.05 bits per heavy atom. The van der Waals surface area contributed by atoms with E-state index in [2.05, 4.69) is 33.9 Å². The lowest BCUT2D eigenvalue weighted by Crippen LogP contribution is -2.46. The van der Waals surface area contributed by atoms with E-state index < -0.39 is 34.8 Å². The number of methoxy groups -OCH3 is 1. The zero-order valence-corrected chi connectivity index (χ0v) is 24.5. The Kier molecular flexibility index (Phi) is 7.78. The molecule has 4 heterocycles. The van der Waals surface area contributed by atoms with E-state index in [-0.39, 0.29) is 36.4 Å². The third kappa shape index (κ3) is 5.37. The summed E-state index contributed by atoms with van der Waals surface area (Å²) >= 11 is 0. The molecule has 0 spiro atoms. The standard InChI is InChI=1S/C33H31F2N5O4/c1-3-38-13-15-39(16-14-38)27-6-4-5-25(36-27)23-9-7-21(17-24(23)34)11-12-33(18-28(41)37-32(33)43)20-40-19-22-8-10-26(44-2)30(35)29(22)31(40)42/h4-10,17H,3,13-16,18-20H2,1-2H3,(H,37,41,43)/t33-/m1/s1. The van der Waals surface area contributed by atoms with Crippen LogP contribution in [0.25, 0.3) is 11.3 Å². The van der Waals surface area contributed by atoms with Gasteiger partial charge in [0.15, 0.2) is 11.6 Å². The molecule has 0 unspecified atom stereocenters. The van der Waals surface area contributed by atoms with Gasteiger partial charge in [-0.25, -0.2) is 13.8 Å². The number of hydrogen-bond acceptors (Lipinski definition) is 7. The number of benzene rings is 2. The molecule has 3 aliphatic heterocycles. The van der Waals surface area contributed by atoms with Crippen molar-refractivity contribution in [1.82, 2.24) is 20.1 Å². The highest BCUT2D eigenvalue weighted by atomic mass is 19.1. The minimum atomic E-state index is -1.58. The Morgan fingerprint density at radius 2 is 1.84 bits per heavy atom. The van der Waals surface area contributed by atoms with Crippen molar-refractivity contribution in [2.45, 2.75) is 19.9 Å². The molecule has 0 bridgehead atoms. The molecule has 1 atom stereocenters. The van der Waals surface area contributed by atoms with Gasteiger partial charge in [-0.2, -0.15) is 0 Å². The largest absolute Gasteiger partial charge is 0.494 e. The van der Waals surface area contributed by atoms with Crippen LogP contribution in [0.2, 0.25) is 0 Å². The number of likely N-dealkylation sites (N-methyl/N-ethyl adjacent to an activating group) is 1. The van der Waals surface area contributed by atoms with Crippen molar-refractivity contribution in [2.24, 2.45) is 5.41 Å². The molecule has 1 N–H and O–H groups in total. The monoisotopic (exact) mass is 599 g/mol. The van der Waals surface area contributed by atoms with Crippen LogP contribution in [0.4, 0.5) is 14.6 Å². The fourth-order valence-corrected chi connectivity index (χ4v) is 5.95. The van der Waals surface area contributed by atoms with Crippen molar-refractivity contribution < 1.29 is 27.9 Å². The maximum Gasteiger partial charge on any atom is 0.257 e. The van der Waals surface area contributed by atoms with Gasteiger partial charge < -0.3 is 19.4 Å². The van der Waals surface area contributed by atoms with Gasteiger partial charge in [0.05, 0.1) is 24.8 Å². The summed E-state index contributed by atoms with van der Waals surface area (Å²) in [6.45, 7) is 6.53. The zero-order valence-electron chi connectivity index (χ0n) is 24.5. The highest BCUT2D eigenvalue weighted by molar-refractivity contribution is 6.08. The Labute approximate surface area is 253 Å². The molecule has 0 radical (unpaired) electrons. The number of carbonyl (C=O) groups is 3. The number of rotatable bonds is 6. The van der Waals surface area contributed by atoms with Crippen LogP contribution in [0, 0.1) is 28.9 Å². The van der Waals surface area contributed by atoms with Crippen LogP contribution in [-0.4, -0.2) is 78.9 Å². The molecule has 11 heteroatoms. The van der Waals surface area contributed by atoms with E-state index in [0.29, 0.717) is 16.8 Å². The topological polar surface area (TPSA) is 95.1 Å². The number of pyridine rings is 1. The van der Waals surface area contributed by atoms with Gasteiger partial charge >= 0.3 is 0 Å². The smallest absolute Gasteiger partial charge is 0.257 e. The summed E-state index contributed by atoms with van der Waals surface area (Å²) < 4.78 is 35.3. The first-order valence-corrected chi connectivity index (χ1v) is 14.5. The van der Waals surface area contributed by atoms with Gasteiger partial charge in [0.25, 0.3) is 5.91 Å². The second-order valence-electron chi connectivity index (χ2n) is 11.2. The van der Waals surface area contributed by atoms with Gasteiger partial charge in [0.2, 0.25) is 11.8 Å². The molecule has 1 aromatic heterocycles. The first-order valence-electron chi connectivity index (χ1n) is 14.5. The Hall–Kier alpha value is -4.82. The summed E-state index contributed by atoms with van der Waals surface area (Å²) in [6.07, 6.45) is -0.283. The molecular weight excluding hydrogens is 568 g/mol. The summed E-state index contributed by atoms with van der Waals surface area (Å²) in [4.78, 5) is 49.0. The van der Waals surface area contributed by atoms with Crippen LogP contribution in [0.3, 0.4) is 0 Å². The molecule has 3 amide bonds. The summed E-state index contributed by atoms with van der Waals surface area (Å²) in [7, 11) is 1.31. The summed E-state index contributed by atoms with van der Waals surface area (Å²) in [5.74, 6) is 3.30. The molecule has 44 heavy (non-hydrogen) atoms. The van der Waals surface area contributed by atoms with Crippen LogP contribution in [0.5, 0.6) is 5.75 Å². The summed E-state index contributed by atoms with van der Waals surface area (Å²) in [5.41, 5.74) is -0.175. The first kappa shape index (κ1) is 29.3. The SMILES string of the molecule is CCN1CCN(c2cccc(-c3ccc(C#C[C@]4(CN5Cc6ccc(OC)c(F)c6C5=O)CC(=O)NC4=O)cc3F)n2)CC1. The number of amides is 3. The Morgan fingerprint density at radius 3 is 2.52 bits per heavy atom. The van der Waals surface area contributed by atoms with Crippen molar-refractivity contribution in [2.75, 3.05) is 51.3 Å². The van der Waals surface area contributed by atoms with Gasteiger partial charge in [0, 0.05) is 50.4 Å². The third-order valence-corrected chi connectivity index (χ3v) is 8.45. The number of nitrogens with zero attached hydrogens (tertiary/aromatic N) is 4. The Bertz CT molecular complexity index is 1730. The molecule has 3 aliphatic rings. The van der Waals surface area contributed by atoms with E-state index in [9.17, 15) is 18.8 Å². The molecule has 2 aromatic carbocycles. The van der Waals surface area contributed by atoms with Crippen LogP contribution in [-0.2, 0) is 16.1 Å². The molecule has 0 aliphatic carbocycles. The highest BCUT2D eigenvalue weighted by Gasteiger charge is 2.49. The molecule has 3 aromatic rings. The van der Waals surface area contributed by atoms with E-state index in [1.54, 1.807) is 24.3 Å². The van der Waals surface area contributed by atoms with Crippen LogP contribution >= 0.6 is 0 Å². The fraction of sp³-hybridized carbons (Fsp3) is 0.333. The van der Waals surface area contributed by atoms with Crippen molar-refractivity contribution in [3.8, 4) is 28.8 Å². The number of anilines is 1. The first-order chi connectivity index (χ1) is 21.2. The number of halogens is 2. The van der Waals surface area contributed by atoms with Gasteiger partial charge in [-0.1, -0.05) is 30.9 Å². The van der Waals surface area contributed by atoms with E-state index in [1.165, 1.54) is 24.1 Å². The van der Waals surface area contributed by atoms with Crippen LogP contribution in [0.15, 0.2) is 48.5 Å². The van der Waals surface area contributed by atoms with Crippen molar-refractivity contribution >= 4 is 23.5 Å². The zero-order chi connectivity index (χ0) is 31.0. The molecule has 2 saturated heterocycles. The maximum atomic E-state index is 15.4. The predicted molar refractivity (Wildman–Crippen MR) is 159 cm³/mol. The lowest BCUT2D eigenvalue weighted by molar-refractivity contribution is -0.127. The lowest BCUT2D eigenvalue weighted by Gasteiger charge is -2.34. The molecular formula is C33H31F2N5O4. The minimum absolute atomic E-state index is 0.0453. The third-order valence-electron chi connectivity index (χ3n) is 8.45. The minimum Gasteiger partial charge on any atom is -0.494 e. The van der Waals surface area contributed by atoms with E-state index in [4.69, 9.17) is 9.72 Å². The van der Waals surface area contributed by atoms with Crippen molar-refractivity contribution in [1.29, 1.82) is 0 Å². The highest BCUT2D eigenvalue weighted by Crippen LogP contribution is 2.35. The molecule has 0 saturated carbocycles. The number of carbonyl (C=O) groups excluding carboxylic acids is 3. The van der Waals surface area contributed by atoms with E-state index in [0.717, 1.165) is 38.5 Å². The molecule has 6 rings (SSSR count). The predicted octanol–water partition coefficient (Wildman–Crippen LogP) is 3.22. The molecule has 226 valence electrons. The number of nitrogens with one attached hydrogen (secondary N) is 1. The van der Waals surface area contributed by atoms with Crippen LogP contribution in [0.1, 0.15) is 34.8 Å². The summed E-state index contributed by atoms with van der Waals surface area (Å²) in [6, 6.07) is 13.0. The number of piperazine rings is 1. The number of hydrogen-bond donors (Lipinski definition) is 1. The number of fused-ring (bicyclic) bond motifs is 1. The Balaban J connectivity index is 1.24. The molecule has 9 nitrogen and oxygen atoms in total. The van der Waals surface area contributed by atoms with Gasteiger partial charge in [0.1, 0.15) is 17.1 Å². The average molecular weight is 600 g/mol. The van der Waals surface area contributed by atoms with E-state index in [1.807, 2.05) is 12.1 Å². The van der Waals surface area contributed by atoms with Gasteiger partial charge in [-0.15, -0.1) is 0 Å². The lowest BCUT2D eigenvalue weighted by atomic mass is 9.85. The molecule has 2 fully saturated rings. The quantitative estimate of drug-likeness (QED) is 0.344. The average Bonchev–Trinajstić information content (AvgIpc) is 3.50. The van der Waals surface area contributed by atoms with Gasteiger partial charge in [-0.05, 0) is 48.5 Å².